The Morgan fingerprint density at radius 3 is 2.74 bits per heavy atom. The fourth-order valence-electron chi connectivity index (χ4n) is 3.13. The Labute approximate surface area is 164 Å². The molecule has 142 valence electrons. The summed E-state index contributed by atoms with van der Waals surface area (Å²) in [6.45, 7) is 2.90. The van der Waals surface area contributed by atoms with Gasteiger partial charge in [-0.3, -0.25) is 4.79 Å². The van der Waals surface area contributed by atoms with Gasteiger partial charge in [0.2, 0.25) is 5.91 Å². The lowest BCUT2D eigenvalue weighted by Crippen LogP contribution is -2.39. The van der Waals surface area contributed by atoms with E-state index in [1.807, 2.05) is 42.5 Å². The first-order valence-electron chi connectivity index (χ1n) is 8.87. The van der Waals surface area contributed by atoms with Gasteiger partial charge in [0, 0.05) is 30.7 Å². The number of carbonyl (C=O) groups is 1. The van der Waals surface area contributed by atoms with Crippen LogP contribution in [0.25, 0.3) is 0 Å². The van der Waals surface area contributed by atoms with Crippen molar-refractivity contribution in [1.29, 1.82) is 0 Å². The monoisotopic (exact) mass is 386 g/mol. The van der Waals surface area contributed by atoms with E-state index in [1.54, 1.807) is 4.90 Å². The highest BCUT2D eigenvalue weighted by molar-refractivity contribution is 6.31. The standard InChI is InChI=1S/C21H23ClN2O3/c1-15-7-3-5-9-18(15)20-11-17(27-23-20)13-24(21(25)14-26-2)12-16-8-4-6-10-19(16)22/h3-10,17H,11-14H2,1-2H3/t17-/m1/s1. The van der Waals surface area contributed by atoms with Crippen LogP contribution in [-0.2, 0) is 20.9 Å². The van der Waals surface area contributed by atoms with E-state index in [-0.39, 0.29) is 18.6 Å². The van der Waals surface area contributed by atoms with Crippen molar-refractivity contribution in [2.75, 3.05) is 20.3 Å². The van der Waals surface area contributed by atoms with Crippen LogP contribution in [-0.4, -0.2) is 42.9 Å². The molecule has 27 heavy (non-hydrogen) atoms. The minimum Gasteiger partial charge on any atom is -0.390 e. The number of methoxy groups -OCH3 is 1. The van der Waals surface area contributed by atoms with Gasteiger partial charge in [-0.25, -0.2) is 0 Å². The van der Waals surface area contributed by atoms with Crippen LogP contribution in [0.2, 0.25) is 5.02 Å². The highest BCUT2D eigenvalue weighted by Crippen LogP contribution is 2.22. The minimum absolute atomic E-state index is 0.0165. The summed E-state index contributed by atoms with van der Waals surface area (Å²) in [5.41, 5.74) is 4.04. The molecule has 6 heteroatoms. The van der Waals surface area contributed by atoms with Crippen LogP contribution in [0.4, 0.5) is 0 Å². The average Bonchev–Trinajstić information content (AvgIpc) is 3.12. The molecule has 0 saturated heterocycles. The molecule has 0 aliphatic carbocycles. The summed E-state index contributed by atoms with van der Waals surface area (Å²) >= 11 is 6.26. The Balaban J connectivity index is 1.69. The maximum absolute atomic E-state index is 12.5. The molecule has 2 aromatic rings. The normalized spacial score (nSPS) is 16.0. The maximum atomic E-state index is 12.5. The largest absolute Gasteiger partial charge is 0.390 e. The number of nitrogens with zero attached hydrogens (tertiary/aromatic N) is 2. The molecule has 0 spiro atoms. The van der Waals surface area contributed by atoms with E-state index in [4.69, 9.17) is 21.2 Å². The molecule has 1 aliphatic rings. The van der Waals surface area contributed by atoms with Crippen molar-refractivity contribution in [2.45, 2.75) is 26.0 Å². The molecule has 2 aromatic carbocycles. The predicted octanol–water partition coefficient (Wildman–Crippen LogP) is 3.82. The molecule has 1 aliphatic heterocycles. The van der Waals surface area contributed by atoms with Crippen molar-refractivity contribution in [3.63, 3.8) is 0 Å². The molecule has 1 amide bonds. The lowest BCUT2D eigenvalue weighted by Gasteiger charge is -2.25. The third kappa shape index (κ3) is 4.87. The van der Waals surface area contributed by atoms with Crippen molar-refractivity contribution >= 4 is 23.2 Å². The van der Waals surface area contributed by atoms with E-state index in [2.05, 4.69) is 18.1 Å². The van der Waals surface area contributed by atoms with Crippen LogP contribution in [0, 0.1) is 6.92 Å². The van der Waals surface area contributed by atoms with Crippen molar-refractivity contribution in [1.82, 2.24) is 4.90 Å². The molecule has 1 atom stereocenters. The Bertz CT molecular complexity index is 838. The third-order valence-corrected chi connectivity index (χ3v) is 4.92. The first kappa shape index (κ1) is 19.4. The zero-order chi connectivity index (χ0) is 19.2. The van der Waals surface area contributed by atoms with E-state index in [0.717, 1.165) is 22.4 Å². The van der Waals surface area contributed by atoms with Gasteiger partial charge in [-0.15, -0.1) is 0 Å². The van der Waals surface area contributed by atoms with Crippen LogP contribution in [0.5, 0.6) is 0 Å². The van der Waals surface area contributed by atoms with E-state index < -0.39 is 0 Å². The Kier molecular flexibility index (Phi) is 6.48. The minimum atomic E-state index is -0.192. The van der Waals surface area contributed by atoms with Gasteiger partial charge in [-0.05, 0) is 24.1 Å². The van der Waals surface area contributed by atoms with E-state index in [1.165, 1.54) is 7.11 Å². The van der Waals surface area contributed by atoms with Gasteiger partial charge < -0.3 is 14.5 Å². The van der Waals surface area contributed by atoms with Crippen molar-refractivity contribution < 1.29 is 14.4 Å². The Hall–Kier alpha value is -2.37. The summed E-state index contributed by atoms with van der Waals surface area (Å²) in [6, 6.07) is 15.6. The molecule has 0 bridgehead atoms. The number of hydrogen-bond acceptors (Lipinski definition) is 4. The summed E-state index contributed by atoms with van der Waals surface area (Å²) in [7, 11) is 1.51. The zero-order valence-electron chi connectivity index (χ0n) is 15.5. The SMILES string of the molecule is COCC(=O)N(Cc1ccccc1Cl)C[C@H]1CC(c2ccccc2C)=NO1. The van der Waals surface area contributed by atoms with E-state index in [9.17, 15) is 4.79 Å². The predicted molar refractivity (Wildman–Crippen MR) is 106 cm³/mol. The van der Waals surface area contributed by atoms with E-state index >= 15 is 0 Å². The smallest absolute Gasteiger partial charge is 0.248 e. The molecule has 0 N–H and O–H groups in total. The van der Waals surface area contributed by atoms with Gasteiger partial charge in [0.1, 0.15) is 6.61 Å². The number of rotatable bonds is 7. The van der Waals surface area contributed by atoms with Gasteiger partial charge >= 0.3 is 0 Å². The fourth-order valence-corrected chi connectivity index (χ4v) is 3.32. The molecule has 0 fully saturated rings. The summed E-state index contributed by atoms with van der Waals surface area (Å²) in [4.78, 5) is 19.9. The number of benzene rings is 2. The summed E-state index contributed by atoms with van der Waals surface area (Å²) in [5.74, 6) is -0.106. The number of hydrogen-bond donors (Lipinski definition) is 0. The first-order chi connectivity index (χ1) is 13.1. The third-order valence-electron chi connectivity index (χ3n) is 4.55. The second kappa shape index (κ2) is 9.02. The Morgan fingerprint density at radius 2 is 2.00 bits per heavy atom. The molecule has 0 unspecified atom stereocenters. The molecular formula is C21H23ClN2O3. The highest BCUT2D eigenvalue weighted by atomic mass is 35.5. The second-order valence-electron chi connectivity index (χ2n) is 6.58. The molecule has 3 rings (SSSR count). The quantitative estimate of drug-likeness (QED) is 0.726. The van der Waals surface area contributed by atoms with Crippen LogP contribution in [0.3, 0.4) is 0 Å². The number of amides is 1. The maximum Gasteiger partial charge on any atom is 0.248 e. The zero-order valence-corrected chi connectivity index (χ0v) is 16.3. The van der Waals surface area contributed by atoms with Crippen LogP contribution in [0.1, 0.15) is 23.1 Å². The van der Waals surface area contributed by atoms with Crippen molar-refractivity contribution in [2.24, 2.45) is 5.16 Å². The molecule has 0 saturated carbocycles. The summed E-state index contributed by atoms with van der Waals surface area (Å²) < 4.78 is 5.03. The molecule has 1 heterocycles. The molecule has 0 aromatic heterocycles. The second-order valence-corrected chi connectivity index (χ2v) is 6.99. The van der Waals surface area contributed by atoms with Crippen LogP contribution >= 0.6 is 11.6 Å². The lowest BCUT2D eigenvalue weighted by molar-refractivity contribution is -0.137. The molecular weight excluding hydrogens is 364 g/mol. The number of ether oxygens (including phenoxy) is 1. The first-order valence-corrected chi connectivity index (χ1v) is 9.25. The van der Waals surface area contributed by atoms with Gasteiger partial charge in [0.05, 0.1) is 12.3 Å². The van der Waals surface area contributed by atoms with Crippen LogP contribution in [0.15, 0.2) is 53.7 Å². The lowest BCUT2D eigenvalue weighted by atomic mass is 10.0. The van der Waals surface area contributed by atoms with Gasteiger partial charge in [0.15, 0.2) is 6.10 Å². The van der Waals surface area contributed by atoms with Gasteiger partial charge in [-0.1, -0.05) is 59.2 Å². The van der Waals surface area contributed by atoms with E-state index in [0.29, 0.717) is 24.5 Å². The van der Waals surface area contributed by atoms with Crippen LogP contribution < -0.4 is 0 Å². The summed E-state index contributed by atoms with van der Waals surface area (Å²) in [6.07, 6.45) is 0.465. The number of oxime groups is 1. The molecule has 5 nitrogen and oxygen atoms in total. The topological polar surface area (TPSA) is 51.1 Å². The van der Waals surface area contributed by atoms with Gasteiger partial charge in [0.25, 0.3) is 0 Å². The average molecular weight is 387 g/mol. The Morgan fingerprint density at radius 1 is 1.26 bits per heavy atom. The number of aryl methyl sites for hydroxylation is 1. The number of halogens is 1. The highest BCUT2D eigenvalue weighted by Gasteiger charge is 2.27. The molecule has 0 radical (unpaired) electrons. The van der Waals surface area contributed by atoms with Crippen molar-refractivity contribution in [3.8, 4) is 0 Å². The number of carbonyl (C=O) groups excluding carboxylic acids is 1. The van der Waals surface area contributed by atoms with Crippen molar-refractivity contribution in [3.05, 3.63) is 70.2 Å². The fraction of sp³-hybridized carbons (Fsp3) is 0.333. The van der Waals surface area contributed by atoms with Gasteiger partial charge in [-0.2, -0.15) is 0 Å². The summed E-state index contributed by atoms with van der Waals surface area (Å²) in [5, 5.41) is 4.89.